The van der Waals surface area contributed by atoms with E-state index < -0.39 is 0 Å². The summed E-state index contributed by atoms with van der Waals surface area (Å²) in [5, 5.41) is 6.20. The number of hydrazine groups is 1. The van der Waals surface area contributed by atoms with Crippen molar-refractivity contribution in [1.82, 2.24) is 15.8 Å². The molecule has 0 aromatic rings. The van der Waals surface area contributed by atoms with Gasteiger partial charge >= 0.3 is 0 Å². The lowest BCUT2D eigenvalue weighted by Crippen LogP contribution is -2.57. The van der Waals surface area contributed by atoms with Crippen LogP contribution < -0.4 is 10.7 Å². The number of rotatable bonds is 0. The summed E-state index contributed by atoms with van der Waals surface area (Å²) in [4.78, 5) is 0. The van der Waals surface area contributed by atoms with Gasteiger partial charge in [-0.15, -0.1) is 0 Å². The molecule has 0 aromatic carbocycles. The van der Waals surface area contributed by atoms with Gasteiger partial charge in [-0.1, -0.05) is 20.8 Å². The summed E-state index contributed by atoms with van der Waals surface area (Å²) in [5.74, 6) is 0.739. The first-order valence-electron chi connectivity index (χ1n) is 5.66. The molecule has 2 aliphatic rings. The monoisotopic (exact) mass is 227 g/mol. The SMILES string of the molecule is C[C@@H]1CC(C)(C)C[C@]2(C1)NC(=S)N(C)N2. The molecule has 1 aliphatic heterocycles. The zero-order chi connectivity index (χ0) is 11.3. The van der Waals surface area contributed by atoms with Gasteiger partial charge in [-0.25, -0.2) is 5.43 Å². The second kappa shape index (κ2) is 3.32. The summed E-state index contributed by atoms with van der Waals surface area (Å²) >= 11 is 5.26. The van der Waals surface area contributed by atoms with E-state index >= 15 is 0 Å². The predicted molar refractivity (Wildman–Crippen MR) is 66.2 cm³/mol. The van der Waals surface area contributed by atoms with Gasteiger partial charge in [-0.2, -0.15) is 0 Å². The van der Waals surface area contributed by atoms with Crippen molar-refractivity contribution < 1.29 is 0 Å². The first-order valence-corrected chi connectivity index (χ1v) is 6.06. The maximum Gasteiger partial charge on any atom is 0.184 e. The van der Waals surface area contributed by atoms with E-state index in [4.69, 9.17) is 12.2 Å². The highest BCUT2D eigenvalue weighted by Gasteiger charge is 2.47. The molecule has 86 valence electrons. The van der Waals surface area contributed by atoms with Crippen LogP contribution in [0.15, 0.2) is 0 Å². The minimum atomic E-state index is 0.00694. The fourth-order valence-electron chi connectivity index (χ4n) is 3.44. The van der Waals surface area contributed by atoms with Crippen molar-refractivity contribution in [1.29, 1.82) is 0 Å². The second-order valence-corrected chi connectivity index (χ2v) is 6.42. The first-order chi connectivity index (χ1) is 6.82. The van der Waals surface area contributed by atoms with Gasteiger partial charge in [0.25, 0.3) is 0 Å². The van der Waals surface area contributed by atoms with Crippen molar-refractivity contribution in [2.24, 2.45) is 11.3 Å². The number of hydrogen-bond acceptors (Lipinski definition) is 2. The first kappa shape index (κ1) is 11.1. The molecule has 1 saturated heterocycles. The topological polar surface area (TPSA) is 27.3 Å². The molecule has 3 nitrogen and oxygen atoms in total. The van der Waals surface area contributed by atoms with Gasteiger partial charge in [0, 0.05) is 7.05 Å². The van der Waals surface area contributed by atoms with Gasteiger partial charge in [-0.05, 0) is 42.8 Å². The Hall–Kier alpha value is -0.350. The fourth-order valence-corrected chi connectivity index (χ4v) is 3.68. The van der Waals surface area contributed by atoms with Crippen LogP contribution >= 0.6 is 12.2 Å². The Balaban J connectivity index is 2.19. The van der Waals surface area contributed by atoms with Crippen LogP contribution in [0.5, 0.6) is 0 Å². The van der Waals surface area contributed by atoms with E-state index in [1.807, 2.05) is 12.1 Å². The normalized spacial score (nSPS) is 39.6. The van der Waals surface area contributed by atoms with Crippen molar-refractivity contribution in [3.8, 4) is 0 Å². The molecule has 1 saturated carbocycles. The molecule has 1 heterocycles. The highest BCUT2D eigenvalue weighted by atomic mass is 32.1. The Morgan fingerprint density at radius 1 is 1.40 bits per heavy atom. The van der Waals surface area contributed by atoms with E-state index in [1.54, 1.807) is 0 Å². The zero-order valence-electron chi connectivity index (χ0n) is 10.1. The molecule has 15 heavy (non-hydrogen) atoms. The van der Waals surface area contributed by atoms with Gasteiger partial charge in [0.05, 0.1) is 0 Å². The van der Waals surface area contributed by atoms with E-state index in [-0.39, 0.29) is 5.66 Å². The summed E-state index contributed by atoms with van der Waals surface area (Å²) in [7, 11) is 1.98. The fraction of sp³-hybridized carbons (Fsp3) is 0.909. The van der Waals surface area contributed by atoms with Crippen LogP contribution in [0.3, 0.4) is 0 Å². The molecule has 0 unspecified atom stereocenters. The molecular formula is C11H21N3S. The van der Waals surface area contributed by atoms with Crippen LogP contribution in [0.25, 0.3) is 0 Å². The lowest BCUT2D eigenvalue weighted by atomic mass is 9.68. The van der Waals surface area contributed by atoms with Gasteiger partial charge in [0.15, 0.2) is 5.11 Å². The Morgan fingerprint density at radius 3 is 2.53 bits per heavy atom. The number of nitrogens with zero attached hydrogens (tertiary/aromatic N) is 1. The molecule has 0 radical (unpaired) electrons. The van der Waals surface area contributed by atoms with E-state index in [9.17, 15) is 0 Å². The third-order valence-corrected chi connectivity index (χ3v) is 3.79. The average molecular weight is 227 g/mol. The maximum atomic E-state index is 5.26. The Bertz CT molecular complexity index is 290. The minimum absolute atomic E-state index is 0.00694. The smallest absolute Gasteiger partial charge is 0.184 e. The average Bonchev–Trinajstić information content (AvgIpc) is 2.20. The molecule has 0 bridgehead atoms. The van der Waals surface area contributed by atoms with Crippen molar-refractivity contribution in [2.75, 3.05) is 7.05 Å². The quantitative estimate of drug-likeness (QED) is 0.618. The second-order valence-electron chi connectivity index (χ2n) is 6.04. The third kappa shape index (κ3) is 2.11. The van der Waals surface area contributed by atoms with Crippen LogP contribution in [0.2, 0.25) is 0 Å². The summed E-state index contributed by atoms with van der Waals surface area (Å²) in [6.07, 6.45) is 3.59. The van der Waals surface area contributed by atoms with Crippen molar-refractivity contribution in [3.05, 3.63) is 0 Å². The van der Waals surface area contributed by atoms with E-state index in [2.05, 4.69) is 31.5 Å². The highest BCUT2D eigenvalue weighted by Crippen LogP contribution is 2.43. The molecule has 1 aliphatic carbocycles. The summed E-state index contributed by atoms with van der Waals surface area (Å²) in [5.41, 5.74) is 3.88. The Morgan fingerprint density at radius 2 is 2.07 bits per heavy atom. The Labute approximate surface area is 97.6 Å². The number of thiocarbonyl (C=S) groups is 1. The van der Waals surface area contributed by atoms with Crippen molar-refractivity contribution in [3.63, 3.8) is 0 Å². The van der Waals surface area contributed by atoms with Gasteiger partial charge in [0.2, 0.25) is 0 Å². The molecule has 1 spiro atoms. The summed E-state index contributed by atoms with van der Waals surface area (Å²) in [6, 6.07) is 0. The molecular weight excluding hydrogens is 206 g/mol. The highest BCUT2D eigenvalue weighted by molar-refractivity contribution is 7.80. The lowest BCUT2D eigenvalue weighted by Gasteiger charge is -2.45. The molecule has 2 fully saturated rings. The third-order valence-electron chi connectivity index (χ3n) is 3.41. The molecule has 2 N–H and O–H groups in total. The number of hydrogen-bond donors (Lipinski definition) is 2. The van der Waals surface area contributed by atoms with Crippen LogP contribution in [0, 0.1) is 11.3 Å². The molecule has 4 heteroatoms. The summed E-state index contributed by atoms with van der Waals surface area (Å²) < 4.78 is 0. The standard InChI is InChI=1S/C11H21N3S/c1-8-5-10(2,3)7-11(6-8)12-9(15)14(4)13-11/h8,13H,5-7H2,1-4H3,(H,12,15)/t8-,11-/m1/s1. The molecule has 2 atom stereocenters. The van der Waals surface area contributed by atoms with Crippen LogP contribution in [-0.4, -0.2) is 22.8 Å². The zero-order valence-corrected chi connectivity index (χ0v) is 10.9. The van der Waals surface area contributed by atoms with Crippen LogP contribution in [0.4, 0.5) is 0 Å². The summed E-state index contributed by atoms with van der Waals surface area (Å²) in [6.45, 7) is 7.01. The van der Waals surface area contributed by atoms with Gasteiger partial charge in [0.1, 0.15) is 5.66 Å². The minimum Gasteiger partial charge on any atom is -0.342 e. The van der Waals surface area contributed by atoms with Crippen LogP contribution in [0.1, 0.15) is 40.0 Å². The van der Waals surface area contributed by atoms with Gasteiger partial charge < -0.3 is 5.32 Å². The number of nitrogens with one attached hydrogen (secondary N) is 2. The largest absolute Gasteiger partial charge is 0.342 e. The molecule has 2 rings (SSSR count). The van der Waals surface area contributed by atoms with E-state index in [1.165, 1.54) is 6.42 Å². The molecule has 0 aromatic heterocycles. The van der Waals surface area contributed by atoms with Crippen molar-refractivity contribution >= 4 is 17.3 Å². The van der Waals surface area contributed by atoms with Crippen molar-refractivity contribution in [2.45, 2.75) is 45.7 Å². The van der Waals surface area contributed by atoms with Crippen LogP contribution in [-0.2, 0) is 0 Å². The Kier molecular flexibility index (Phi) is 2.47. The predicted octanol–water partition coefficient (Wildman–Crippen LogP) is 1.85. The molecule has 0 amide bonds. The van der Waals surface area contributed by atoms with E-state index in [0.29, 0.717) is 5.41 Å². The lowest BCUT2D eigenvalue weighted by molar-refractivity contribution is 0.0609. The van der Waals surface area contributed by atoms with E-state index in [0.717, 1.165) is 23.9 Å². The van der Waals surface area contributed by atoms with Gasteiger partial charge in [-0.3, -0.25) is 5.01 Å². The maximum absolute atomic E-state index is 5.26.